The Morgan fingerprint density at radius 2 is 1.95 bits per heavy atom. The zero-order valence-corrected chi connectivity index (χ0v) is 11.0. The highest BCUT2D eigenvalue weighted by atomic mass is 19.3. The van der Waals surface area contributed by atoms with Gasteiger partial charge in [-0.1, -0.05) is 0 Å². The van der Waals surface area contributed by atoms with E-state index in [0.29, 0.717) is 0 Å². The van der Waals surface area contributed by atoms with Gasteiger partial charge in [0.15, 0.2) is 0 Å². The Labute approximate surface area is 109 Å². The third kappa shape index (κ3) is 2.37. The Kier molecular flexibility index (Phi) is 2.98. The molecule has 3 atom stereocenters. The molecule has 1 heterocycles. The van der Waals surface area contributed by atoms with E-state index in [1.165, 1.54) is 0 Å². The van der Waals surface area contributed by atoms with Gasteiger partial charge in [0, 0.05) is 12.5 Å². The lowest BCUT2D eigenvalue weighted by Crippen LogP contribution is -2.55. The van der Waals surface area contributed by atoms with Gasteiger partial charge in [0.25, 0.3) is 5.92 Å². The highest BCUT2D eigenvalue weighted by Gasteiger charge is 2.65. The zero-order chi connectivity index (χ0) is 14.6. The molecule has 2 bridgehead atoms. The first kappa shape index (κ1) is 14.0. The van der Waals surface area contributed by atoms with Gasteiger partial charge >= 0.3 is 12.1 Å². The van der Waals surface area contributed by atoms with Gasteiger partial charge in [0.05, 0.1) is 5.92 Å². The zero-order valence-electron chi connectivity index (χ0n) is 11.0. The normalized spacial score (nSPS) is 32.5. The summed E-state index contributed by atoms with van der Waals surface area (Å²) in [5.74, 6) is -5.74. The number of rotatable bonds is 1. The molecule has 2 fully saturated rings. The quantitative estimate of drug-likeness (QED) is 0.797. The van der Waals surface area contributed by atoms with E-state index >= 15 is 0 Å². The molecule has 1 amide bonds. The van der Waals surface area contributed by atoms with E-state index in [2.05, 4.69) is 0 Å². The lowest BCUT2D eigenvalue weighted by Gasteiger charge is -2.37. The summed E-state index contributed by atoms with van der Waals surface area (Å²) in [7, 11) is 0. The van der Waals surface area contributed by atoms with Crippen molar-refractivity contribution in [2.45, 2.75) is 57.2 Å². The van der Waals surface area contributed by atoms with Crippen molar-refractivity contribution in [2.24, 2.45) is 5.92 Å². The summed E-state index contributed by atoms with van der Waals surface area (Å²) in [6.45, 7) is 4.93. The summed E-state index contributed by atoms with van der Waals surface area (Å²) in [4.78, 5) is 24.1. The number of amides is 1. The number of carbonyl (C=O) groups excluding carboxylic acids is 1. The number of hydrogen-bond acceptors (Lipinski definition) is 3. The summed E-state index contributed by atoms with van der Waals surface area (Å²) in [6.07, 6.45) is -1.30. The lowest BCUT2D eigenvalue weighted by atomic mass is 9.95. The number of hydrogen-bond donors (Lipinski definition) is 1. The summed E-state index contributed by atoms with van der Waals surface area (Å²) in [5.41, 5.74) is -0.787. The van der Waals surface area contributed by atoms with E-state index in [0.717, 1.165) is 4.90 Å². The van der Waals surface area contributed by atoms with Crippen LogP contribution in [0.2, 0.25) is 0 Å². The number of nitrogens with zero attached hydrogens (tertiary/aromatic N) is 1. The van der Waals surface area contributed by atoms with Crippen LogP contribution >= 0.6 is 0 Å². The number of piperidine rings is 1. The number of carbonyl (C=O) groups is 2. The number of halogens is 2. The maximum atomic E-state index is 13.6. The van der Waals surface area contributed by atoms with Crippen molar-refractivity contribution in [1.82, 2.24) is 4.90 Å². The number of ether oxygens (including phenoxy) is 1. The van der Waals surface area contributed by atoms with Crippen LogP contribution in [0.5, 0.6) is 0 Å². The minimum atomic E-state index is -3.02. The predicted molar refractivity (Wildman–Crippen MR) is 61.0 cm³/mol. The van der Waals surface area contributed by atoms with Gasteiger partial charge in [-0.25, -0.2) is 18.4 Å². The number of alkyl halides is 2. The number of fused-ring (bicyclic) bond motifs is 2. The standard InChI is InChI=1S/C12H17F2NO4/c1-11(2,3)19-10(18)15-6-4-7(8(15)9(16)17)12(13,14)5-6/h6-8H,4-5H2,1-3H3,(H,16,17)/t6-,7-,8-/m0/s1. The van der Waals surface area contributed by atoms with Crippen molar-refractivity contribution < 1.29 is 28.2 Å². The molecular formula is C12H17F2NO4. The van der Waals surface area contributed by atoms with E-state index in [-0.39, 0.29) is 6.42 Å². The minimum absolute atomic E-state index is 0.0171. The second-order valence-corrected chi connectivity index (χ2v) is 6.13. The highest BCUT2D eigenvalue weighted by Crippen LogP contribution is 2.52. The molecule has 2 rings (SSSR count). The van der Waals surface area contributed by atoms with Crippen molar-refractivity contribution >= 4 is 12.1 Å². The SMILES string of the molecule is CC(C)(C)OC(=O)N1[C@H]2C[C@@H]([C@H]1C(=O)O)C(F)(F)C2. The van der Waals surface area contributed by atoms with Crippen molar-refractivity contribution in [1.29, 1.82) is 0 Å². The molecular weight excluding hydrogens is 260 g/mol. The smallest absolute Gasteiger partial charge is 0.411 e. The number of carboxylic acid groups (broad SMARTS) is 1. The Morgan fingerprint density at radius 1 is 1.37 bits per heavy atom. The fourth-order valence-electron chi connectivity index (χ4n) is 2.88. The molecule has 0 spiro atoms. The topological polar surface area (TPSA) is 66.8 Å². The van der Waals surface area contributed by atoms with Gasteiger partial charge in [-0.15, -0.1) is 0 Å². The van der Waals surface area contributed by atoms with Gasteiger partial charge in [-0.2, -0.15) is 0 Å². The molecule has 1 aliphatic heterocycles. The molecule has 108 valence electrons. The number of carboxylic acids is 1. The van der Waals surface area contributed by atoms with Gasteiger partial charge in [0.2, 0.25) is 0 Å². The van der Waals surface area contributed by atoms with Crippen LogP contribution in [-0.4, -0.2) is 45.7 Å². The Hall–Kier alpha value is -1.40. The van der Waals surface area contributed by atoms with Crippen molar-refractivity contribution in [3.05, 3.63) is 0 Å². The largest absolute Gasteiger partial charge is 0.480 e. The first-order valence-corrected chi connectivity index (χ1v) is 6.15. The fourth-order valence-corrected chi connectivity index (χ4v) is 2.88. The molecule has 19 heavy (non-hydrogen) atoms. The van der Waals surface area contributed by atoms with E-state index in [1.54, 1.807) is 20.8 Å². The van der Waals surface area contributed by atoms with Crippen LogP contribution in [0.4, 0.5) is 13.6 Å². The molecule has 0 radical (unpaired) electrons. The third-order valence-electron chi connectivity index (χ3n) is 3.51. The first-order valence-electron chi connectivity index (χ1n) is 6.15. The lowest BCUT2D eigenvalue weighted by molar-refractivity contribution is -0.155. The van der Waals surface area contributed by atoms with E-state index in [4.69, 9.17) is 9.84 Å². The monoisotopic (exact) mass is 277 g/mol. The molecule has 0 unspecified atom stereocenters. The predicted octanol–water partition coefficient (Wildman–Crippen LogP) is 2.10. The first-order chi connectivity index (χ1) is 8.53. The van der Waals surface area contributed by atoms with Crippen LogP contribution in [0.3, 0.4) is 0 Å². The van der Waals surface area contributed by atoms with Crippen LogP contribution in [0, 0.1) is 5.92 Å². The molecule has 0 aromatic carbocycles. The molecule has 0 aromatic heterocycles. The van der Waals surface area contributed by atoms with E-state index in [9.17, 15) is 18.4 Å². The van der Waals surface area contributed by atoms with Crippen molar-refractivity contribution in [2.75, 3.05) is 0 Å². The molecule has 5 nitrogen and oxygen atoms in total. The van der Waals surface area contributed by atoms with Crippen LogP contribution in [0.15, 0.2) is 0 Å². The van der Waals surface area contributed by atoms with Crippen LogP contribution < -0.4 is 0 Å². The van der Waals surface area contributed by atoms with Gasteiger partial charge < -0.3 is 9.84 Å². The van der Waals surface area contributed by atoms with Crippen LogP contribution in [0.1, 0.15) is 33.6 Å². The van der Waals surface area contributed by atoms with Crippen LogP contribution in [0.25, 0.3) is 0 Å². The summed E-state index contributed by atoms with van der Waals surface area (Å²) < 4.78 is 32.3. The number of likely N-dealkylation sites (tertiary alicyclic amines) is 1. The molecule has 1 N–H and O–H groups in total. The summed E-state index contributed by atoms with van der Waals surface area (Å²) in [5, 5.41) is 9.10. The minimum Gasteiger partial charge on any atom is -0.480 e. The molecule has 1 aliphatic carbocycles. The second-order valence-electron chi connectivity index (χ2n) is 6.13. The average Bonchev–Trinajstić information content (AvgIpc) is 2.66. The number of aliphatic carboxylic acids is 1. The van der Waals surface area contributed by atoms with Gasteiger partial charge in [-0.05, 0) is 27.2 Å². The van der Waals surface area contributed by atoms with E-state index in [1.807, 2.05) is 0 Å². The van der Waals surface area contributed by atoms with Crippen LogP contribution in [-0.2, 0) is 9.53 Å². The Bertz CT molecular complexity index is 418. The fraction of sp³-hybridized carbons (Fsp3) is 0.833. The molecule has 0 aromatic rings. The molecule has 1 saturated carbocycles. The van der Waals surface area contributed by atoms with Gasteiger partial charge in [0.1, 0.15) is 11.6 Å². The van der Waals surface area contributed by atoms with Crippen molar-refractivity contribution in [3.8, 4) is 0 Å². The van der Waals surface area contributed by atoms with Gasteiger partial charge in [-0.3, -0.25) is 4.90 Å². The van der Waals surface area contributed by atoms with E-state index < -0.39 is 48.0 Å². The average molecular weight is 277 g/mol. The van der Waals surface area contributed by atoms with Crippen molar-refractivity contribution in [3.63, 3.8) is 0 Å². The Balaban J connectivity index is 2.22. The molecule has 7 heteroatoms. The summed E-state index contributed by atoms with van der Waals surface area (Å²) in [6, 6.07) is -2.25. The molecule has 1 saturated heterocycles. The highest BCUT2D eigenvalue weighted by molar-refractivity contribution is 5.82. The maximum absolute atomic E-state index is 13.6. The summed E-state index contributed by atoms with van der Waals surface area (Å²) >= 11 is 0. The second kappa shape index (κ2) is 4.05. The maximum Gasteiger partial charge on any atom is 0.411 e. The third-order valence-corrected chi connectivity index (χ3v) is 3.51. The Morgan fingerprint density at radius 3 is 2.42 bits per heavy atom. The molecule has 2 aliphatic rings.